The van der Waals surface area contributed by atoms with E-state index < -0.39 is 0 Å². The summed E-state index contributed by atoms with van der Waals surface area (Å²) in [4.78, 5) is 0. The van der Waals surface area contributed by atoms with Gasteiger partial charge in [0.05, 0.1) is 0 Å². The molecule has 0 radical (unpaired) electrons. The largest absolute Gasteiger partial charge is 0.0616 e. The second-order valence-corrected chi connectivity index (χ2v) is 8.31. The minimum absolute atomic E-state index is 1.05. The van der Waals surface area contributed by atoms with E-state index in [4.69, 9.17) is 0 Å². The Labute approximate surface area is 178 Å². The maximum atomic E-state index is 2.42. The number of aryl methyl sites for hydroxylation is 2. The predicted molar refractivity (Wildman–Crippen MR) is 128 cm³/mol. The van der Waals surface area contributed by atoms with Crippen molar-refractivity contribution in [3.8, 4) is 22.3 Å². The van der Waals surface area contributed by atoms with Gasteiger partial charge in [-0.1, -0.05) is 98.8 Å². The van der Waals surface area contributed by atoms with E-state index in [2.05, 4.69) is 98.8 Å². The molecule has 0 aromatic heterocycles. The van der Waals surface area contributed by atoms with E-state index in [9.17, 15) is 0 Å². The molecule has 30 heavy (non-hydrogen) atoms. The lowest BCUT2D eigenvalue weighted by Gasteiger charge is -2.13. The first kappa shape index (κ1) is 17.5. The summed E-state index contributed by atoms with van der Waals surface area (Å²) < 4.78 is 0. The Morgan fingerprint density at radius 3 is 1.17 bits per heavy atom. The van der Waals surface area contributed by atoms with E-state index in [0.29, 0.717) is 0 Å². The molecule has 0 bridgehead atoms. The molecule has 0 saturated carbocycles. The monoisotopic (exact) mass is 384 g/mol. The first-order valence-electron chi connectivity index (χ1n) is 11.0. The van der Waals surface area contributed by atoms with E-state index >= 15 is 0 Å². The zero-order valence-corrected chi connectivity index (χ0v) is 17.5. The van der Waals surface area contributed by atoms with Gasteiger partial charge in [-0.2, -0.15) is 0 Å². The third-order valence-corrected chi connectivity index (χ3v) is 6.75. The topological polar surface area (TPSA) is 0 Å². The maximum absolute atomic E-state index is 2.42. The van der Waals surface area contributed by atoms with E-state index in [1.54, 1.807) is 0 Å². The van der Waals surface area contributed by atoms with E-state index in [1.807, 2.05) is 0 Å². The summed E-state index contributed by atoms with van der Waals surface area (Å²) in [6.45, 7) is 4.48. The summed E-state index contributed by atoms with van der Waals surface area (Å²) in [6, 6.07) is 31.9. The van der Waals surface area contributed by atoms with Crippen molar-refractivity contribution in [1.82, 2.24) is 0 Å². The molecule has 0 N–H and O–H groups in total. The van der Waals surface area contributed by atoms with Gasteiger partial charge in [-0.3, -0.25) is 0 Å². The minimum atomic E-state index is 1.05. The van der Waals surface area contributed by atoms with Crippen molar-refractivity contribution in [2.75, 3.05) is 0 Å². The summed E-state index contributed by atoms with van der Waals surface area (Å²) in [6.07, 6.45) is 2.11. The molecule has 4 aromatic carbocycles. The average Bonchev–Trinajstić information content (AvgIpc) is 3.30. The quantitative estimate of drug-likeness (QED) is 0.286. The van der Waals surface area contributed by atoms with Crippen molar-refractivity contribution in [2.45, 2.75) is 26.7 Å². The number of hydrogen-bond donors (Lipinski definition) is 0. The molecule has 4 aromatic rings. The number of hydrogen-bond acceptors (Lipinski definition) is 0. The molecule has 6 rings (SSSR count). The van der Waals surface area contributed by atoms with Crippen molar-refractivity contribution in [2.24, 2.45) is 0 Å². The molecule has 0 fully saturated rings. The fourth-order valence-electron chi connectivity index (χ4n) is 5.21. The normalized spacial score (nSPS) is 15.5. The molecule has 0 unspecified atom stereocenters. The third kappa shape index (κ3) is 2.34. The van der Waals surface area contributed by atoms with Gasteiger partial charge < -0.3 is 0 Å². The van der Waals surface area contributed by atoms with Gasteiger partial charge in [-0.15, -0.1) is 0 Å². The maximum Gasteiger partial charge on any atom is -0.00138 e. The van der Waals surface area contributed by atoms with Crippen LogP contribution in [0.5, 0.6) is 0 Å². The Bertz CT molecular complexity index is 1250. The highest BCUT2D eigenvalue weighted by molar-refractivity contribution is 6.18. The van der Waals surface area contributed by atoms with Gasteiger partial charge in [0, 0.05) is 0 Å². The number of rotatable bonds is 2. The van der Waals surface area contributed by atoms with Gasteiger partial charge in [0.2, 0.25) is 0 Å². The van der Waals surface area contributed by atoms with Gasteiger partial charge >= 0.3 is 0 Å². The minimum Gasteiger partial charge on any atom is -0.0616 e. The van der Waals surface area contributed by atoms with E-state index in [-0.39, 0.29) is 0 Å². The molecule has 0 spiro atoms. The van der Waals surface area contributed by atoms with Gasteiger partial charge in [-0.25, -0.2) is 0 Å². The Morgan fingerprint density at radius 1 is 0.400 bits per heavy atom. The summed E-state index contributed by atoms with van der Waals surface area (Å²) in [7, 11) is 0. The van der Waals surface area contributed by atoms with Gasteiger partial charge in [-0.05, 0) is 79.6 Å². The second kappa shape index (κ2) is 6.57. The fourth-order valence-corrected chi connectivity index (χ4v) is 5.21. The van der Waals surface area contributed by atoms with Gasteiger partial charge in [0.15, 0.2) is 0 Å². The zero-order chi connectivity index (χ0) is 20.2. The van der Waals surface area contributed by atoms with Crippen LogP contribution in [0.2, 0.25) is 0 Å². The van der Waals surface area contributed by atoms with Crippen LogP contribution in [-0.2, 0) is 12.8 Å². The number of benzene rings is 4. The Kier molecular flexibility index (Phi) is 3.83. The molecular weight excluding hydrogens is 360 g/mol. The van der Waals surface area contributed by atoms with Gasteiger partial charge in [0.25, 0.3) is 0 Å². The fraction of sp³-hybridized carbons (Fsp3) is 0.133. The molecule has 0 amide bonds. The van der Waals surface area contributed by atoms with Crippen LogP contribution in [0.15, 0.2) is 84.9 Å². The van der Waals surface area contributed by atoms with Crippen LogP contribution in [0.3, 0.4) is 0 Å². The summed E-state index contributed by atoms with van der Waals surface area (Å²) in [5.74, 6) is 0. The van der Waals surface area contributed by atoms with Crippen LogP contribution < -0.4 is 0 Å². The average molecular weight is 385 g/mol. The lowest BCUT2D eigenvalue weighted by molar-refractivity contribution is 1.14. The highest BCUT2D eigenvalue weighted by Gasteiger charge is 2.32. The van der Waals surface area contributed by atoms with E-state index in [0.717, 1.165) is 12.8 Å². The van der Waals surface area contributed by atoms with Crippen LogP contribution in [-0.4, -0.2) is 0 Å². The first-order valence-corrected chi connectivity index (χ1v) is 11.0. The van der Waals surface area contributed by atoms with E-state index in [1.165, 1.54) is 66.8 Å². The van der Waals surface area contributed by atoms with Gasteiger partial charge in [0.1, 0.15) is 0 Å². The van der Waals surface area contributed by atoms with Crippen molar-refractivity contribution >= 4 is 11.1 Å². The highest BCUT2D eigenvalue weighted by Crippen LogP contribution is 2.54. The Morgan fingerprint density at radius 2 is 0.767 bits per heavy atom. The van der Waals surface area contributed by atoms with Crippen molar-refractivity contribution in [3.63, 3.8) is 0 Å². The lowest BCUT2D eigenvalue weighted by Crippen LogP contribution is -1.93. The summed E-state index contributed by atoms with van der Waals surface area (Å²) in [5, 5.41) is 0. The molecule has 0 nitrogen and oxygen atoms in total. The standard InChI is InChI=1S/C30H24/c1-3-19-13-15-23-21-9-5-7-11-25(21)29(27(23)17-19)30-26-12-8-6-10-22(26)24-16-14-20(4-2)18-28(24)30/h5-18H,3-4H2,1-2H3/b30-29+. The Hall–Kier alpha value is -3.38. The Balaban J connectivity index is 1.78. The number of fused-ring (bicyclic) bond motifs is 6. The van der Waals surface area contributed by atoms with Crippen molar-refractivity contribution in [1.29, 1.82) is 0 Å². The molecule has 0 aliphatic heterocycles. The second-order valence-electron chi connectivity index (χ2n) is 8.31. The SMILES string of the molecule is CCc1ccc2c(c1)/C(=C1\c3ccccc3-c3ccc(CC)cc31)c1ccccc1-2. The van der Waals surface area contributed by atoms with Crippen molar-refractivity contribution in [3.05, 3.63) is 118 Å². The molecule has 2 aliphatic carbocycles. The van der Waals surface area contributed by atoms with Crippen LogP contribution in [0.25, 0.3) is 33.4 Å². The molecule has 0 saturated heterocycles. The molecule has 144 valence electrons. The molecular formula is C30H24. The lowest BCUT2D eigenvalue weighted by atomic mass is 9.90. The summed E-state index contributed by atoms with van der Waals surface area (Å²) in [5.41, 5.74) is 16.5. The zero-order valence-electron chi connectivity index (χ0n) is 17.5. The van der Waals surface area contributed by atoms with Crippen LogP contribution in [0.4, 0.5) is 0 Å². The third-order valence-electron chi connectivity index (χ3n) is 6.75. The molecule has 0 heteroatoms. The van der Waals surface area contributed by atoms with Crippen molar-refractivity contribution < 1.29 is 0 Å². The molecule has 0 atom stereocenters. The predicted octanol–water partition coefficient (Wildman–Crippen LogP) is 7.78. The van der Waals surface area contributed by atoms with Crippen LogP contribution in [0, 0.1) is 0 Å². The summed E-state index contributed by atoms with van der Waals surface area (Å²) >= 11 is 0. The smallest absolute Gasteiger partial charge is 0.00138 e. The van der Waals surface area contributed by atoms with Crippen LogP contribution >= 0.6 is 0 Å². The first-order chi connectivity index (χ1) is 14.8. The molecule has 2 aliphatic rings. The van der Waals surface area contributed by atoms with Crippen LogP contribution in [0.1, 0.15) is 47.2 Å². The highest BCUT2D eigenvalue weighted by atomic mass is 14.3. The molecule has 0 heterocycles.